The molecule has 0 saturated carbocycles. The second-order valence-electron chi connectivity index (χ2n) is 8.76. The highest BCUT2D eigenvalue weighted by Gasteiger charge is 2.29. The summed E-state index contributed by atoms with van der Waals surface area (Å²) in [7, 11) is 0. The van der Waals surface area contributed by atoms with E-state index in [-0.39, 0.29) is 17.9 Å². The highest BCUT2D eigenvalue weighted by molar-refractivity contribution is 5.69. The molecular formula is C25H39N3O2. The number of nitriles is 1. The number of esters is 1. The molecule has 1 aliphatic rings. The molecule has 1 aromatic rings. The Kier molecular flexibility index (Phi) is 10.1. The summed E-state index contributed by atoms with van der Waals surface area (Å²) in [6.45, 7) is 10.1. The van der Waals surface area contributed by atoms with Crippen molar-refractivity contribution in [3.63, 3.8) is 0 Å². The van der Waals surface area contributed by atoms with Gasteiger partial charge in [-0.2, -0.15) is 5.26 Å². The van der Waals surface area contributed by atoms with E-state index in [4.69, 9.17) is 9.72 Å². The van der Waals surface area contributed by atoms with E-state index in [0.29, 0.717) is 25.4 Å². The third-order valence-electron chi connectivity index (χ3n) is 6.46. The maximum absolute atomic E-state index is 12.4. The molecule has 0 bridgehead atoms. The zero-order chi connectivity index (χ0) is 21.9. The highest BCUT2D eigenvalue weighted by atomic mass is 16.5. The van der Waals surface area contributed by atoms with Crippen LogP contribution in [0, 0.1) is 24.2 Å². The molecule has 0 radical (unpaired) electrons. The van der Waals surface area contributed by atoms with Crippen molar-refractivity contribution in [2.75, 3.05) is 18.1 Å². The summed E-state index contributed by atoms with van der Waals surface area (Å²) in [5, 5.41) is 9.18. The van der Waals surface area contributed by atoms with Crippen LogP contribution in [0.5, 0.6) is 0 Å². The van der Waals surface area contributed by atoms with E-state index in [1.54, 1.807) is 0 Å². The lowest BCUT2D eigenvalue weighted by molar-refractivity contribution is -0.145. The van der Waals surface area contributed by atoms with E-state index in [1.807, 2.05) is 12.3 Å². The summed E-state index contributed by atoms with van der Waals surface area (Å²) in [6, 6.07) is 4.61. The largest absolute Gasteiger partial charge is 0.465 e. The SMILES string of the molecule is CCCCC(CC)COC(=O)CCC(C)c1c(C)ccnc1N1CCCC1CC#N. The summed E-state index contributed by atoms with van der Waals surface area (Å²) in [4.78, 5) is 19.4. The molecule has 5 nitrogen and oxygen atoms in total. The Morgan fingerprint density at radius 3 is 2.90 bits per heavy atom. The number of rotatable bonds is 12. The number of nitrogens with zero attached hydrogens (tertiary/aromatic N) is 3. The standard InChI is InChI=1S/C25H39N3O2/c1-5-7-9-21(6-2)18-30-23(29)12-11-19(3)24-20(4)14-16-27-25(24)28-17-8-10-22(28)13-15-26/h14,16,19,21-22H,5-13,17-18H2,1-4H3. The molecule has 3 unspecified atom stereocenters. The van der Waals surface area contributed by atoms with Crippen LogP contribution < -0.4 is 4.90 Å². The average Bonchev–Trinajstić information content (AvgIpc) is 3.20. The number of pyridine rings is 1. The minimum absolute atomic E-state index is 0.0941. The normalized spacial score (nSPS) is 18.1. The second kappa shape index (κ2) is 12.6. The lowest BCUT2D eigenvalue weighted by Gasteiger charge is -2.29. The second-order valence-corrected chi connectivity index (χ2v) is 8.76. The van der Waals surface area contributed by atoms with Crippen molar-refractivity contribution >= 4 is 11.8 Å². The fourth-order valence-electron chi connectivity index (χ4n) is 4.49. The van der Waals surface area contributed by atoms with E-state index in [9.17, 15) is 10.1 Å². The van der Waals surface area contributed by atoms with Crippen LogP contribution >= 0.6 is 0 Å². The maximum Gasteiger partial charge on any atom is 0.305 e. The molecule has 5 heteroatoms. The van der Waals surface area contributed by atoms with Crippen LogP contribution in [0.2, 0.25) is 0 Å². The lowest BCUT2D eigenvalue weighted by Crippen LogP contribution is -2.31. The molecule has 1 saturated heterocycles. The predicted molar refractivity (Wildman–Crippen MR) is 121 cm³/mol. The number of carbonyl (C=O) groups is 1. The van der Waals surface area contributed by atoms with Gasteiger partial charge in [-0.25, -0.2) is 4.98 Å². The van der Waals surface area contributed by atoms with Crippen molar-refractivity contribution in [2.45, 2.75) is 97.4 Å². The van der Waals surface area contributed by atoms with Gasteiger partial charge in [0.25, 0.3) is 0 Å². The minimum Gasteiger partial charge on any atom is -0.465 e. The average molecular weight is 414 g/mol. The van der Waals surface area contributed by atoms with Crippen LogP contribution in [0.3, 0.4) is 0 Å². The molecular weight excluding hydrogens is 374 g/mol. The van der Waals surface area contributed by atoms with Crippen LogP contribution in [0.1, 0.15) is 95.6 Å². The van der Waals surface area contributed by atoms with Gasteiger partial charge in [-0.1, -0.05) is 40.0 Å². The first-order valence-corrected chi connectivity index (χ1v) is 11.8. The first kappa shape index (κ1) is 24.2. The molecule has 3 atom stereocenters. The fraction of sp³-hybridized carbons (Fsp3) is 0.720. The molecule has 1 fully saturated rings. The summed E-state index contributed by atoms with van der Waals surface area (Å²) >= 11 is 0. The van der Waals surface area contributed by atoms with Gasteiger partial charge >= 0.3 is 5.97 Å². The number of aryl methyl sites for hydroxylation is 1. The molecule has 0 aliphatic carbocycles. The molecule has 2 rings (SSSR count). The topological polar surface area (TPSA) is 66.2 Å². The van der Waals surface area contributed by atoms with Gasteiger partial charge in [-0.05, 0) is 56.1 Å². The van der Waals surface area contributed by atoms with E-state index in [2.05, 4.69) is 38.7 Å². The number of aromatic nitrogens is 1. The molecule has 0 amide bonds. The fourth-order valence-corrected chi connectivity index (χ4v) is 4.49. The Bertz CT molecular complexity index is 713. The number of hydrogen-bond acceptors (Lipinski definition) is 5. The Balaban J connectivity index is 1.98. The summed E-state index contributed by atoms with van der Waals surface area (Å²) in [5.74, 6) is 1.60. The number of ether oxygens (including phenoxy) is 1. The zero-order valence-electron chi connectivity index (χ0n) is 19.3. The third kappa shape index (κ3) is 6.72. The van der Waals surface area contributed by atoms with Gasteiger partial charge in [0.2, 0.25) is 0 Å². The van der Waals surface area contributed by atoms with E-state index in [1.165, 1.54) is 24.0 Å². The molecule has 0 aromatic carbocycles. The van der Waals surface area contributed by atoms with Crippen LogP contribution in [0.15, 0.2) is 12.3 Å². The van der Waals surface area contributed by atoms with Crippen molar-refractivity contribution < 1.29 is 9.53 Å². The maximum atomic E-state index is 12.4. The highest BCUT2D eigenvalue weighted by Crippen LogP contribution is 2.35. The van der Waals surface area contributed by atoms with Crippen molar-refractivity contribution in [3.05, 3.63) is 23.4 Å². The molecule has 0 spiro atoms. The molecule has 1 aromatic heterocycles. The molecule has 30 heavy (non-hydrogen) atoms. The Morgan fingerprint density at radius 2 is 2.20 bits per heavy atom. The first-order valence-electron chi connectivity index (χ1n) is 11.8. The lowest BCUT2D eigenvalue weighted by atomic mass is 9.92. The Morgan fingerprint density at radius 1 is 1.40 bits per heavy atom. The van der Waals surface area contributed by atoms with Crippen LogP contribution in [-0.4, -0.2) is 30.1 Å². The van der Waals surface area contributed by atoms with E-state index < -0.39 is 0 Å². The van der Waals surface area contributed by atoms with Gasteiger partial charge in [-0.3, -0.25) is 4.79 Å². The van der Waals surface area contributed by atoms with Crippen LogP contribution in [0.25, 0.3) is 0 Å². The number of anilines is 1. The smallest absolute Gasteiger partial charge is 0.305 e. The zero-order valence-corrected chi connectivity index (χ0v) is 19.3. The number of hydrogen-bond donors (Lipinski definition) is 0. The van der Waals surface area contributed by atoms with E-state index in [0.717, 1.165) is 44.5 Å². The van der Waals surface area contributed by atoms with Gasteiger partial charge in [0.05, 0.1) is 19.1 Å². The van der Waals surface area contributed by atoms with Gasteiger partial charge in [0.15, 0.2) is 0 Å². The van der Waals surface area contributed by atoms with Gasteiger partial charge in [-0.15, -0.1) is 0 Å². The van der Waals surface area contributed by atoms with Gasteiger partial charge in [0, 0.05) is 30.8 Å². The molecule has 0 N–H and O–H groups in total. The van der Waals surface area contributed by atoms with Gasteiger partial charge in [0.1, 0.15) is 5.82 Å². The van der Waals surface area contributed by atoms with Gasteiger partial charge < -0.3 is 9.64 Å². The quantitative estimate of drug-likeness (QED) is 0.398. The third-order valence-corrected chi connectivity index (χ3v) is 6.46. The van der Waals surface area contributed by atoms with Crippen molar-refractivity contribution in [1.82, 2.24) is 4.98 Å². The summed E-state index contributed by atoms with van der Waals surface area (Å²) in [5.41, 5.74) is 2.42. The Labute approximate surface area is 182 Å². The van der Waals surface area contributed by atoms with Crippen molar-refractivity contribution in [2.24, 2.45) is 5.92 Å². The number of unbranched alkanes of at least 4 members (excludes halogenated alkanes) is 1. The monoisotopic (exact) mass is 413 g/mol. The predicted octanol–water partition coefficient (Wildman–Crippen LogP) is 5.92. The number of carbonyl (C=O) groups excluding carboxylic acids is 1. The van der Waals surface area contributed by atoms with Crippen molar-refractivity contribution in [3.8, 4) is 6.07 Å². The van der Waals surface area contributed by atoms with Crippen LogP contribution in [0.4, 0.5) is 5.82 Å². The van der Waals surface area contributed by atoms with Crippen molar-refractivity contribution in [1.29, 1.82) is 5.26 Å². The van der Waals surface area contributed by atoms with Crippen LogP contribution in [-0.2, 0) is 9.53 Å². The Hall–Kier alpha value is -2.09. The first-order chi connectivity index (χ1) is 14.5. The minimum atomic E-state index is -0.0941. The molecule has 1 aliphatic heterocycles. The summed E-state index contributed by atoms with van der Waals surface area (Å²) < 4.78 is 5.59. The molecule has 2 heterocycles. The molecule has 166 valence electrons. The summed E-state index contributed by atoms with van der Waals surface area (Å²) in [6.07, 6.45) is 10.3. The van der Waals surface area contributed by atoms with E-state index >= 15 is 0 Å².